The summed E-state index contributed by atoms with van der Waals surface area (Å²) >= 11 is 0. The van der Waals surface area contributed by atoms with Crippen LogP contribution in [0.5, 0.6) is 5.75 Å². The summed E-state index contributed by atoms with van der Waals surface area (Å²) in [5.41, 5.74) is 6.39. The summed E-state index contributed by atoms with van der Waals surface area (Å²) in [6, 6.07) is 7.91. The molecule has 0 aliphatic carbocycles. The maximum absolute atomic E-state index is 12.4. The molecule has 0 spiro atoms. The number of primary amides is 1. The van der Waals surface area contributed by atoms with E-state index in [0.717, 1.165) is 30.6 Å². The number of hydrogen-bond acceptors (Lipinski definition) is 3. The molecule has 1 aromatic carbocycles. The Labute approximate surface area is 144 Å². The van der Waals surface area contributed by atoms with Crippen LogP contribution in [0.3, 0.4) is 0 Å². The Morgan fingerprint density at radius 1 is 1.29 bits per heavy atom. The smallest absolute Gasteiger partial charge is 0.260 e. The van der Waals surface area contributed by atoms with Crippen LogP contribution >= 0.6 is 0 Å². The van der Waals surface area contributed by atoms with Gasteiger partial charge in [0.2, 0.25) is 5.91 Å². The van der Waals surface area contributed by atoms with Crippen LogP contribution in [-0.4, -0.2) is 36.4 Å². The number of benzene rings is 1. The Balaban J connectivity index is 1.85. The molecule has 0 bridgehead atoms. The average Bonchev–Trinajstić information content (AvgIpc) is 2.59. The highest BCUT2D eigenvalue weighted by atomic mass is 16.5. The molecule has 1 aromatic rings. The topological polar surface area (TPSA) is 72.6 Å². The number of hydrogen-bond donors (Lipinski definition) is 1. The van der Waals surface area contributed by atoms with E-state index in [0.29, 0.717) is 31.3 Å². The van der Waals surface area contributed by atoms with Gasteiger partial charge in [0.15, 0.2) is 6.61 Å². The van der Waals surface area contributed by atoms with Gasteiger partial charge >= 0.3 is 0 Å². The molecule has 0 saturated carbocycles. The predicted molar refractivity (Wildman–Crippen MR) is 93.8 cm³/mol. The minimum Gasteiger partial charge on any atom is -0.483 e. The van der Waals surface area contributed by atoms with Crippen molar-refractivity contribution in [2.45, 2.75) is 45.4 Å². The van der Waals surface area contributed by atoms with Gasteiger partial charge in [-0.25, -0.2) is 0 Å². The molecule has 0 unspecified atom stereocenters. The number of amides is 2. The molecule has 132 valence electrons. The summed E-state index contributed by atoms with van der Waals surface area (Å²) in [6.07, 6.45) is 3.11. The number of carbonyl (C=O) groups is 2. The van der Waals surface area contributed by atoms with Crippen molar-refractivity contribution in [3.8, 4) is 5.75 Å². The zero-order chi connectivity index (χ0) is 17.5. The normalized spacial score (nSPS) is 16.7. The number of likely N-dealkylation sites (tertiary alicyclic amines) is 1. The van der Waals surface area contributed by atoms with Gasteiger partial charge in [0.05, 0.1) is 0 Å². The lowest BCUT2D eigenvalue weighted by atomic mass is 9.93. The minimum absolute atomic E-state index is 0.00600. The molecular formula is C19H28N2O3. The second kappa shape index (κ2) is 8.71. The van der Waals surface area contributed by atoms with E-state index in [9.17, 15) is 9.59 Å². The van der Waals surface area contributed by atoms with Gasteiger partial charge in [-0.15, -0.1) is 0 Å². The van der Waals surface area contributed by atoms with Crippen LogP contribution in [0, 0.1) is 5.92 Å². The highest BCUT2D eigenvalue weighted by Crippen LogP contribution is 2.28. The fraction of sp³-hybridized carbons (Fsp3) is 0.579. The molecule has 1 fully saturated rings. The zero-order valence-electron chi connectivity index (χ0n) is 14.7. The number of carbonyl (C=O) groups excluding carboxylic acids is 2. The van der Waals surface area contributed by atoms with E-state index < -0.39 is 0 Å². The Hall–Kier alpha value is -2.04. The lowest BCUT2D eigenvalue weighted by molar-refractivity contribution is -0.134. The molecule has 1 aliphatic rings. The van der Waals surface area contributed by atoms with E-state index >= 15 is 0 Å². The minimum atomic E-state index is -0.259. The van der Waals surface area contributed by atoms with Crippen molar-refractivity contribution in [2.24, 2.45) is 11.7 Å². The summed E-state index contributed by atoms with van der Waals surface area (Å²) in [7, 11) is 0. The van der Waals surface area contributed by atoms with Gasteiger partial charge in [-0.05, 0) is 42.7 Å². The summed E-state index contributed by atoms with van der Waals surface area (Å²) in [6.45, 7) is 5.71. The van der Waals surface area contributed by atoms with Crippen LogP contribution in [0.4, 0.5) is 0 Å². The number of ether oxygens (including phenoxy) is 1. The van der Waals surface area contributed by atoms with E-state index in [-0.39, 0.29) is 18.4 Å². The summed E-state index contributed by atoms with van der Waals surface area (Å²) in [5, 5.41) is 0. The Morgan fingerprint density at radius 3 is 2.58 bits per heavy atom. The number of rotatable bonds is 7. The van der Waals surface area contributed by atoms with Crippen LogP contribution in [0.2, 0.25) is 0 Å². The maximum Gasteiger partial charge on any atom is 0.260 e. The van der Waals surface area contributed by atoms with Gasteiger partial charge in [-0.1, -0.05) is 32.0 Å². The molecule has 0 aromatic heterocycles. The van der Waals surface area contributed by atoms with Gasteiger partial charge < -0.3 is 15.4 Å². The second-order valence-electron chi connectivity index (χ2n) is 6.63. The predicted octanol–water partition coefficient (Wildman–Crippen LogP) is 2.69. The van der Waals surface area contributed by atoms with Gasteiger partial charge in [-0.3, -0.25) is 9.59 Å². The number of para-hydroxylation sites is 1. The third-order valence-electron chi connectivity index (χ3n) is 4.87. The molecule has 2 rings (SSSR count). The molecule has 1 heterocycles. The van der Waals surface area contributed by atoms with Crippen LogP contribution in [0.15, 0.2) is 24.3 Å². The molecule has 24 heavy (non-hydrogen) atoms. The fourth-order valence-corrected chi connectivity index (χ4v) is 3.14. The lowest BCUT2D eigenvalue weighted by Crippen LogP contribution is -2.41. The van der Waals surface area contributed by atoms with Gasteiger partial charge in [0, 0.05) is 19.5 Å². The summed E-state index contributed by atoms with van der Waals surface area (Å²) < 4.78 is 5.80. The molecule has 5 nitrogen and oxygen atoms in total. The second-order valence-corrected chi connectivity index (χ2v) is 6.63. The summed E-state index contributed by atoms with van der Waals surface area (Å²) in [5.74, 6) is 1.25. The lowest BCUT2D eigenvalue weighted by Gasteiger charge is -2.31. The zero-order valence-corrected chi connectivity index (χ0v) is 14.7. The molecule has 0 radical (unpaired) electrons. The summed E-state index contributed by atoms with van der Waals surface area (Å²) in [4.78, 5) is 25.2. The Kier molecular flexibility index (Phi) is 6.64. The first-order valence-electron chi connectivity index (χ1n) is 8.79. The molecule has 1 saturated heterocycles. The molecular weight excluding hydrogens is 304 g/mol. The van der Waals surface area contributed by atoms with Crippen molar-refractivity contribution < 1.29 is 14.3 Å². The SMILES string of the molecule is CC[C@@H](C)c1ccccc1OCC(=O)N1CCC(CC(N)=O)CC1. The average molecular weight is 332 g/mol. The monoisotopic (exact) mass is 332 g/mol. The Morgan fingerprint density at radius 2 is 1.96 bits per heavy atom. The first-order chi connectivity index (χ1) is 11.5. The van der Waals surface area contributed by atoms with Crippen molar-refractivity contribution in [2.75, 3.05) is 19.7 Å². The molecule has 1 atom stereocenters. The van der Waals surface area contributed by atoms with Crippen LogP contribution in [0.25, 0.3) is 0 Å². The first-order valence-corrected chi connectivity index (χ1v) is 8.79. The van der Waals surface area contributed by atoms with Crippen LogP contribution < -0.4 is 10.5 Å². The van der Waals surface area contributed by atoms with Crippen LogP contribution in [0.1, 0.15) is 51.0 Å². The number of nitrogens with two attached hydrogens (primary N) is 1. The standard InChI is InChI=1S/C19H28N2O3/c1-3-14(2)16-6-4-5-7-17(16)24-13-19(23)21-10-8-15(9-11-21)12-18(20)22/h4-7,14-15H,3,8-13H2,1-2H3,(H2,20,22)/t14-/m1/s1. The van der Waals surface area contributed by atoms with Gasteiger partial charge in [0.25, 0.3) is 5.91 Å². The van der Waals surface area contributed by atoms with Crippen molar-refractivity contribution in [1.29, 1.82) is 0 Å². The van der Waals surface area contributed by atoms with E-state index in [1.165, 1.54) is 0 Å². The number of piperidine rings is 1. The third-order valence-corrected chi connectivity index (χ3v) is 4.87. The van der Waals surface area contributed by atoms with Crippen molar-refractivity contribution in [3.05, 3.63) is 29.8 Å². The highest BCUT2D eigenvalue weighted by molar-refractivity contribution is 5.78. The quantitative estimate of drug-likeness (QED) is 0.834. The third kappa shape index (κ3) is 4.98. The molecule has 1 aliphatic heterocycles. The van der Waals surface area contributed by atoms with Crippen molar-refractivity contribution in [3.63, 3.8) is 0 Å². The van der Waals surface area contributed by atoms with Gasteiger partial charge in [0.1, 0.15) is 5.75 Å². The molecule has 2 amide bonds. The van der Waals surface area contributed by atoms with Gasteiger partial charge in [-0.2, -0.15) is 0 Å². The van der Waals surface area contributed by atoms with E-state index in [1.54, 1.807) is 0 Å². The Bertz CT molecular complexity index is 565. The molecule has 5 heteroatoms. The maximum atomic E-state index is 12.4. The first kappa shape index (κ1) is 18.3. The fourth-order valence-electron chi connectivity index (χ4n) is 3.14. The van der Waals surface area contributed by atoms with E-state index in [1.807, 2.05) is 23.1 Å². The van der Waals surface area contributed by atoms with Crippen molar-refractivity contribution in [1.82, 2.24) is 4.90 Å². The van der Waals surface area contributed by atoms with E-state index in [4.69, 9.17) is 10.5 Å². The molecule has 2 N–H and O–H groups in total. The number of nitrogens with zero attached hydrogens (tertiary/aromatic N) is 1. The van der Waals surface area contributed by atoms with Crippen LogP contribution in [-0.2, 0) is 9.59 Å². The van der Waals surface area contributed by atoms with Crippen molar-refractivity contribution >= 4 is 11.8 Å². The highest BCUT2D eigenvalue weighted by Gasteiger charge is 2.24. The largest absolute Gasteiger partial charge is 0.483 e. The van der Waals surface area contributed by atoms with E-state index in [2.05, 4.69) is 19.9 Å².